The van der Waals surface area contributed by atoms with Crippen LogP contribution >= 0.6 is 0 Å². The molecule has 0 aromatic carbocycles. The third kappa shape index (κ3) is 3.23. The number of nitrogens with zero attached hydrogens (tertiary/aromatic N) is 3. The number of carbonyl (C=O) groups excluding carboxylic acids is 1. The second-order valence-electron chi connectivity index (χ2n) is 5.94. The molecule has 1 aliphatic heterocycles. The van der Waals surface area contributed by atoms with Gasteiger partial charge < -0.3 is 10.6 Å². The smallest absolute Gasteiger partial charge is 0.250 e. The summed E-state index contributed by atoms with van der Waals surface area (Å²) in [5.74, 6) is -0.428. The van der Waals surface area contributed by atoms with Crippen molar-refractivity contribution < 1.29 is 4.79 Å². The first kappa shape index (κ1) is 13.8. The normalized spacial score (nSPS) is 17.5. The van der Waals surface area contributed by atoms with Gasteiger partial charge in [0.25, 0.3) is 0 Å². The van der Waals surface area contributed by atoms with Gasteiger partial charge in [-0.05, 0) is 26.8 Å². The largest absolute Gasteiger partial charge is 0.368 e. The summed E-state index contributed by atoms with van der Waals surface area (Å²) in [6.07, 6.45) is 3.30. The van der Waals surface area contributed by atoms with Gasteiger partial charge in [-0.1, -0.05) is 0 Å². The summed E-state index contributed by atoms with van der Waals surface area (Å²) < 4.78 is 0. The summed E-state index contributed by atoms with van der Waals surface area (Å²) in [5.41, 5.74) is 6.94. The molecule has 0 atom stereocenters. The maximum Gasteiger partial charge on any atom is 0.250 e. The summed E-state index contributed by atoms with van der Waals surface area (Å²) >= 11 is 0. The Bertz CT molecular complexity index is 459. The Labute approximate surface area is 114 Å². The van der Waals surface area contributed by atoms with Gasteiger partial charge in [0.1, 0.15) is 0 Å². The predicted molar refractivity (Wildman–Crippen MR) is 76.3 cm³/mol. The van der Waals surface area contributed by atoms with Gasteiger partial charge in [-0.15, -0.1) is 0 Å². The van der Waals surface area contributed by atoms with Gasteiger partial charge in [0.05, 0.1) is 17.4 Å². The van der Waals surface area contributed by atoms with E-state index in [1.807, 2.05) is 6.07 Å². The molecule has 1 amide bonds. The number of amides is 1. The topological polar surface area (TPSA) is 62.5 Å². The highest BCUT2D eigenvalue weighted by atomic mass is 16.1. The average molecular weight is 262 g/mol. The molecular formula is C14H22N4O. The lowest BCUT2D eigenvalue weighted by Gasteiger charge is -2.43. The van der Waals surface area contributed by atoms with Crippen LogP contribution in [0.2, 0.25) is 0 Å². The van der Waals surface area contributed by atoms with Crippen molar-refractivity contribution in [1.82, 2.24) is 9.88 Å². The predicted octanol–water partition coefficient (Wildman–Crippen LogP) is 1.10. The monoisotopic (exact) mass is 262 g/mol. The maximum atomic E-state index is 11.2. The minimum Gasteiger partial charge on any atom is -0.368 e. The van der Waals surface area contributed by atoms with Crippen LogP contribution in [0.15, 0.2) is 18.5 Å². The highest BCUT2D eigenvalue weighted by Gasteiger charge is 2.26. The first-order chi connectivity index (χ1) is 8.88. The molecule has 2 heterocycles. The number of pyridine rings is 1. The Balaban J connectivity index is 2.05. The van der Waals surface area contributed by atoms with E-state index in [1.54, 1.807) is 6.20 Å². The Morgan fingerprint density at radius 2 is 1.84 bits per heavy atom. The summed E-state index contributed by atoms with van der Waals surface area (Å²) in [6, 6.07) is 1.82. The standard InChI is InChI=1S/C14H22N4O/c1-14(2,3)18-6-4-17(5-7-18)12-8-11(13(15)19)9-16-10-12/h8-10H,4-7H2,1-3H3,(H2,15,19). The van der Waals surface area contributed by atoms with E-state index in [4.69, 9.17) is 5.73 Å². The van der Waals surface area contributed by atoms with Crippen molar-refractivity contribution in [2.45, 2.75) is 26.3 Å². The third-order valence-electron chi connectivity index (χ3n) is 3.60. The van der Waals surface area contributed by atoms with E-state index in [1.165, 1.54) is 6.20 Å². The van der Waals surface area contributed by atoms with E-state index in [2.05, 4.69) is 35.6 Å². The lowest BCUT2D eigenvalue weighted by atomic mass is 10.0. The summed E-state index contributed by atoms with van der Waals surface area (Å²) in [7, 11) is 0. The summed E-state index contributed by atoms with van der Waals surface area (Å²) in [5, 5.41) is 0. The van der Waals surface area contributed by atoms with E-state index in [9.17, 15) is 4.79 Å². The zero-order valence-corrected chi connectivity index (χ0v) is 11.9. The number of hydrogen-bond acceptors (Lipinski definition) is 4. The molecule has 2 N–H and O–H groups in total. The molecule has 104 valence electrons. The SMILES string of the molecule is CC(C)(C)N1CCN(c2cncc(C(N)=O)c2)CC1. The van der Waals surface area contributed by atoms with Crippen LogP contribution in [0.3, 0.4) is 0 Å². The van der Waals surface area contributed by atoms with Gasteiger partial charge in [-0.2, -0.15) is 0 Å². The van der Waals surface area contributed by atoms with Gasteiger partial charge in [0.2, 0.25) is 5.91 Å². The zero-order chi connectivity index (χ0) is 14.0. The molecule has 5 heteroatoms. The number of anilines is 1. The number of rotatable bonds is 2. The number of piperazine rings is 1. The molecule has 0 aliphatic carbocycles. The van der Waals surface area contributed by atoms with Crippen LogP contribution in [0, 0.1) is 0 Å². The third-order valence-corrected chi connectivity index (χ3v) is 3.60. The van der Waals surface area contributed by atoms with Gasteiger partial charge in [-0.3, -0.25) is 14.7 Å². The van der Waals surface area contributed by atoms with Crippen LogP contribution in [0.4, 0.5) is 5.69 Å². The zero-order valence-electron chi connectivity index (χ0n) is 11.9. The van der Waals surface area contributed by atoms with E-state index in [0.29, 0.717) is 5.56 Å². The summed E-state index contributed by atoms with van der Waals surface area (Å²) in [4.78, 5) is 20.0. The van der Waals surface area contributed by atoms with Crippen molar-refractivity contribution >= 4 is 11.6 Å². The number of carbonyl (C=O) groups is 1. The Morgan fingerprint density at radius 3 is 2.37 bits per heavy atom. The van der Waals surface area contributed by atoms with Crippen LogP contribution < -0.4 is 10.6 Å². The minimum atomic E-state index is -0.428. The second kappa shape index (κ2) is 5.17. The van der Waals surface area contributed by atoms with Crippen molar-refractivity contribution in [3.63, 3.8) is 0 Å². The fourth-order valence-corrected chi connectivity index (χ4v) is 2.37. The second-order valence-corrected chi connectivity index (χ2v) is 5.94. The van der Waals surface area contributed by atoms with Crippen molar-refractivity contribution in [2.24, 2.45) is 5.73 Å². The molecule has 0 saturated carbocycles. The van der Waals surface area contributed by atoms with E-state index in [0.717, 1.165) is 31.9 Å². The Kier molecular flexibility index (Phi) is 3.75. The molecule has 0 bridgehead atoms. The molecule has 0 unspecified atom stereocenters. The average Bonchev–Trinajstić information content (AvgIpc) is 2.38. The number of hydrogen-bond donors (Lipinski definition) is 1. The molecule has 2 rings (SSSR count). The first-order valence-corrected chi connectivity index (χ1v) is 6.63. The van der Waals surface area contributed by atoms with Crippen LogP contribution in [0.25, 0.3) is 0 Å². The highest BCUT2D eigenvalue weighted by molar-refractivity contribution is 5.93. The van der Waals surface area contributed by atoms with Crippen LogP contribution in [-0.4, -0.2) is 47.5 Å². The maximum absolute atomic E-state index is 11.2. The van der Waals surface area contributed by atoms with Gasteiger partial charge >= 0.3 is 0 Å². The van der Waals surface area contributed by atoms with E-state index >= 15 is 0 Å². The molecule has 1 aromatic rings. The molecule has 5 nitrogen and oxygen atoms in total. The Morgan fingerprint density at radius 1 is 1.21 bits per heavy atom. The molecular weight excluding hydrogens is 240 g/mol. The van der Waals surface area contributed by atoms with Crippen LogP contribution in [-0.2, 0) is 0 Å². The molecule has 1 fully saturated rings. The van der Waals surface area contributed by atoms with E-state index < -0.39 is 5.91 Å². The molecule has 0 spiro atoms. The van der Waals surface area contributed by atoms with E-state index in [-0.39, 0.29) is 5.54 Å². The van der Waals surface area contributed by atoms with Gasteiger partial charge in [0, 0.05) is 37.9 Å². The highest BCUT2D eigenvalue weighted by Crippen LogP contribution is 2.20. The quantitative estimate of drug-likeness (QED) is 0.867. The van der Waals surface area contributed by atoms with Crippen LogP contribution in [0.5, 0.6) is 0 Å². The lowest BCUT2D eigenvalue weighted by Crippen LogP contribution is -2.53. The molecule has 1 aromatic heterocycles. The van der Waals surface area contributed by atoms with Gasteiger partial charge in [0.15, 0.2) is 0 Å². The minimum absolute atomic E-state index is 0.208. The summed E-state index contributed by atoms with van der Waals surface area (Å²) in [6.45, 7) is 10.6. The number of primary amides is 1. The molecule has 1 saturated heterocycles. The lowest BCUT2D eigenvalue weighted by molar-refractivity contribution is 0.1000. The van der Waals surface area contributed by atoms with Crippen molar-refractivity contribution in [1.29, 1.82) is 0 Å². The molecule has 19 heavy (non-hydrogen) atoms. The Hall–Kier alpha value is -1.62. The molecule has 1 aliphatic rings. The van der Waals surface area contributed by atoms with Crippen LogP contribution in [0.1, 0.15) is 31.1 Å². The van der Waals surface area contributed by atoms with Gasteiger partial charge in [-0.25, -0.2) is 0 Å². The number of nitrogens with two attached hydrogens (primary N) is 1. The van der Waals surface area contributed by atoms with Crippen molar-refractivity contribution in [3.8, 4) is 0 Å². The fraction of sp³-hybridized carbons (Fsp3) is 0.571. The fourth-order valence-electron chi connectivity index (χ4n) is 2.37. The molecule has 0 radical (unpaired) electrons. The van der Waals surface area contributed by atoms with Crippen molar-refractivity contribution in [3.05, 3.63) is 24.0 Å². The number of aromatic nitrogens is 1. The van der Waals surface area contributed by atoms with Crippen molar-refractivity contribution in [2.75, 3.05) is 31.1 Å². The first-order valence-electron chi connectivity index (χ1n) is 6.63.